The van der Waals surface area contributed by atoms with Crippen LogP contribution in [0.15, 0.2) is 0 Å². The Kier molecular flexibility index (Phi) is 2.11. The first-order valence-corrected chi connectivity index (χ1v) is 3.90. The van der Waals surface area contributed by atoms with Gasteiger partial charge in [0.15, 0.2) is 0 Å². The molecule has 5 heteroatoms. The van der Waals surface area contributed by atoms with Crippen LogP contribution in [0.4, 0.5) is 0 Å². The molecule has 0 unspecified atom stereocenters. The molecule has 0 aromatic rings. The Morgan fingerprint density at radius 2 is 1.69 bits per heavy atom. The van der Waals surface area contributed by atoms with E-state index in [1.54, 1.807) is 0 Å². The molecule has 5 nitrogen and oxygen atoms in total. The van der Waals surface area contributed by atoms with Gasteiger partial charge in [0, 0.05) is 13.1 Å². The van der Waals surface area contributed by atoms with E-state index in [-0.39, 0.29) is 5.41 Å². The fourth-order valence-corrected chi connectivity index (χ4v) is 1.37. The van der Waals surface area contributed by atoms with Crippen LogP contribution in [0.25, 0.3) is 0 Å². The zero-order valence-corrected chi connectivity index (χ0v) is 7.53. The van der Waals surface area contributed by atoms with E-state index < -0.39 is 17.7 Å². The number of likely N-dealkylation sites (tertiary alicyclic amines) is 1. The largest absolute Gasteiger partial charge is 0.475 e. The minimum atomic E-state index is -1.69. The highest BCUT2D eigenvalue weighted by Gasteiger charge is 2.40. The summed E-state index contributed by atoms with van der Waals surface area (Å²) in [6.07, 6.45) is 0. The van der Waals surface area contributed by atoms with E-state index in [0.717, 1.165) is 0 Å². The molecule has 0 aliphatic carbocycles. The standard InChI is InChI=1S/C8H11NO4/c1-8(2)3-9(4-8)6(11)5(10)7(12)13/h3-4H2,1-2H3,(H,12,13). The lowest BCUT2D eigenvalue weighted by Gasteiger charge is -2.45. The monoisotopic (exact) mass is 185 g/mol. The highest BCUT2D eigenvalue weighted by Crippen LogP contribution is 2.28. The van der Waals surface area contributed by atoms with Crippen LogP contribution in [0, 0.1) is 5.41 Å². The molecule has 0 aromatic carbocycles. The van der Waals surface area contributed by atoms with E-state index in [0.29, 0.717) is 13.1 Å². The summed E-state index contributed by atoms with van der Waals surface area (Å²) in [5.41, 5.74) is 0.00838. The fraction of sp³-hybridized carbons (Fsp3) is 0.625. The average molecular weight is 185 g/mol. The van der Waals surface area contributed by atoms with E-state index in [1.807, 2.05) is 13.8 Å². The molecule has 13 heavy (non-hydrogen) atoms. The summed E-state index contributed by atoms with van der Waals surface area (Å²) in [4.78, 5) is 33.1. The number of carboxylic acid groups (broad SMARTS) is 1. The summed E-state index contributed by atoms with van der Waals surface area (Å²) >= 11 is 0. The molecule has 1 saturated heterocycles. The molecular weight excluding hydrogens is 174 g/mol. The number of carbonyl (C=O) groups excluding carboxylic acids is 2. The number of hydrogen-bond acceptors (Lipinski definition) is 3. The summed E-state index contributed by atoms with van der Waals surface area (Å²) in [5.74, 6) is -3.95. The molecule has 1 heterocycles. The van der Waals surface area contributed by atoms with Gasteiger partial charge in [0.25, 0.3) is 0 Å². The molecule has 0 bridgehead atoms. The van der Waals surface area contributed by atoms with Crippen molar-refractivity contribution < 1.29 is 19.5 Å². The van der Waals surface area contributed by atoms with Crippen LogP contribution in [0.1, 0.15) is 13.8 Å². The minimum Gasteiger partial charge on any atom is -0.475 e. The van der Waals surface area contributed by atoms with Crippen molar-refractivity contribution >= 4 is 17.7 Å². The first-order chi connectivity index (χ1) is 5.83. The van der Waals surface area contributed by atoms with E-state index in [9.17, 15) is 14.4 Å². The Morgan fingerprint density at radius 3 is 2.00 bits per heavy atom. The topological polar surface area (TPSA) is 74.7 Å². The molecule has 1 N–H and O–H groups in total. The van der Waals surface area contributed by atoms with Crippen molar-refractivity contribution in [2.75, 3.05) is 13.1 Å². The number of amides is 1. The maximum Gasteiger partial charge on any atom is 0.382 e. The smallest absolute Gasteiger partial charge is 0.382 e. The van der Waals surface area contributed by atoms with Gasteiger partial charge in [-0.25, -0.2) is 4.79 Å². The van der Waals surface area contributed by atoms with Crippen molar-refractivity contribution in [3.05, 3.63) is 0 Å². The Labute approximate surface area is 75.3 Å². The molecule has 0 atom stereocenters. The second-order valence-corrected chi connectivity index (χ2v) is 3.96. The number of carboxylic acids is 1. The average Bonchev–Trinajstić information content (AvgIpc) is 1.97. The summed E-state index contributed by atoms with van der Waals surface area (Å²) < 4.78 is 0. The Hall–Kier alpha value is -1.39. The van der Waals surface area contributed by atoms with Crippen molar-refractivity contribution in [1.82, 2.24) is 4.90 Å². The van der Waals surface area contributed by atoms with Crippen LogP contribution in [-0.2, 0) is 14.4 Å². The number of carbonyl (C=O) groups is 3. The van der Waals surface area contributed by atoms with Gasteiger partial charge in [-0.15, -0.1) is 0 Å². The second kappa shape index (κ2) is 2.83. The van der Waals surface area contributed by atoms with Crippen LogP contribution in [0.5, 0.6) is 0 Å². The zero-order valence-electron chi connectivity index (χ0n) is 7.53. The highest BCUT2D eigenvalue weighted by atomic mass is 16.4. The predicted molar refractivity (Wildman–Crippen MR) is 43.0 cm³/mol. The number of Topliss-reactive ketones (excluding diaryl/α,β-unsaturated/α-hetero) is 1. The van der Waals surface area contributed by atoms with Crippen LogP contribution in [-0.4, -0.2) is 40.8 Å². The van der Waals surface area contributed by atoms with Crippen LogP contribution < -0.4 is 0 Å². The van der Waals surface area contributed by atoms with E-state index in [4.69, 9.17) is 5.11 Å². The van der Waals surface area contributed by atoms with Crippen molar-refractivity contribution in [3.8, 4) is 0 Å². The summed E-state index contributed by atoms with van der Waals surface area (Å²) in [5, 5.41) is 8.25. The van der Waals surface area contributed by atoms with Crippen LogP contribution in [0.2, 0.25) is 0 Å². The lowest BCUT2D eigenvalue weighted by Crippen LogP contribution is -2.58. The zero-order chi connectivity index (χ0) is 10.2. The molecule has 0 spiro atoms. The van der Waals surface area contributed by atoms with Crippen molar-refractivity contribution in [2.24, 2.45) is 5.41 Å². The molecule has 0 saturated carbocycles. The van der Waals surface area contributed by atoms with Gasteiger partial charge in [-0.1, -0.05) is 13.8 Å². The fourth-order valence-electron chi connectivity index (χ4n) is 1.37. The number of aliphatic carboxylic acids is 1. The molecule has 1 rings (SSSR count). The molecule has 72 valence electrons. The normalized spacial score (nSPS) is 19.1. The maximum absolute atomic E-state index is 11.1. The number of nitrogens with zero attached hydrogens (tertiary/aromatic N) is 1. The number of ketones is 1. The van der Waals surface area contributed by atoms with Crippen molar-refractivity contribution in [2.45, 2.75) is 13.8 Å². The van der Waals surface area contributed by atoms with Gasteiger partial charge in [-0.05, 0) is 5.41 Å². The third-order valence-electron chi connectivity index (χ3n) is 1.91. The Bertz CT molecular complexity index is 274. The number of hydrogen-bond donors (Lipinski definition) is 1. The summed E-state index contributed by atoms with van der Waals surface area (Å²) in [6.45, 7) is 4.79. The van der Waals surface area contributed by atoms with Crippen molar-refractivity contribution in [3.63, 3.8) is 0 Å². The summed E-state index contributed by atoms with van der Waals surface area (Å²) in [6, 6.07) is 0. The van der Waals surface area contributed by atoms with Crippen molar-refractivity contribution in [1.29, 1.82) is 0 Å². The van der Waals surface area contributed by atoms with Gasteiger partial charge < -0.3 is 10.0 Å². The Balaban J connectivity index is 2.53. The molecule has 1 amide bonds. The van der Waals surface area contributed by atoms with Gasteiger partial charge >= 0.3 is 17.7 Å². The molecular formula is C8H11NO4. The molecule has 1 fully saturated rings. The highest BCUT2D eigenvalue weighted by molar-refractivity contribution is 6.61. The van der Waals surface area contributed by atoms with E-state index >= 15 is 0 Å². The minimum absolute atomic E-state index is 0.00838. The van der Waals surface area contributed by atoms with Crippen LogP contribution >= 0.6 is 0 Å². The first-order valence-electron chi connectivity index (χ1n) is 3.90. The molecule has 0 aromatic heterocycles. The lowest BCUT2D eigenvalue weighted by molar-refractivity contribution is -0.160. The van der Waals surface area contributed by atoms with Gasteiger partial charge in [0.1, 0.15) is 0 Å². The molecule has 1 aliphatic rings. The predicted octanol–water partition coefficient (Wildman–Crippen LogP) is -0.492. The third kappa shape index (κ3) is 1.85. The maximum atomic E-state index is 11.1. The number of rotatable bonds is 2. The third-order valence-corrected chi connectivity index (χ3v) is 1.91. The second-order valence-electron chi connectivity index (χ2n) is 3.96. The molecule has 0 radical (unpaired) electrons. The Morgan fingerprint density at radius 1 is 1.23 bits per heavy atom. The molecule has 1 aliphatic heterocycles. The van der Waals surface area contributed by atoms with E-state index in [1.165, 1.54) is 4.90 Å². The van der Waals surface area contributed by atoms with E-state index in [2.05, 4.69) is 0 Å². The quantitative estimate of drug-likeness (QED) is 0.465. The first kappa shape index (κ1) is 9.70. The van der Waals surface area contributed by atoms with Crippen LogP contribution in [0.3, 0.4) is 0 Å². The van der Waals surface area contributed by atoms with Gasteiger partial charge in [-0.3, -0.25) is 9.59 Å². The lowest BCUT2D eigenvalue weighted by atomic mass is 9.84. The summed E-state index contributed by atoms with van der Waals surface area (Å²) in [7, 11) is 0. The van der Waals surface area contributed by atoms with Gasteiger partial charge in [-0.2, -0.15) is 0 Å². The van der Waals surface area contributed by atoms with Gasteiger partial charge in [0.2, 0.25) is 0 Å². The SMILES string of the molecule is CC1(C)CN(C(=O)C(=O)C(=O)O)C1. The van der Waals surface area contributed by atoms with Gasteiger partial charge in [0.05, 0.1) is 0 Å².